The molecule has 2 fully saturated rings. The highest BCUT2D eigenvalue weighted by Crippen LogP contribution is 2.29. The molecule has 0 bridgehead atoms. The third kappa shape index (κ3) is 5.96. The third-order valence-corrected chi connectivity index (χ3v) is 5.57. The maximum absolute atomic E-state index is 12.1. The average molecular weight is 367 g/mol. The van der Waals surface area contributed by atoms with E-state index in [2.05, 4.69) is 9.88 Å². The van der Waals surface area contributed by atoms with E-state index in [4.69, 9.17) is 4.74 Å². The zero-order valence-corrected chi connectivity index (χ0v) is 15.9. The van der Waals surface area contributed by atoms with Gasteiger partial charge in [-0.1, -0.05) is 38.5 Å². The van der Waals surface area contributed by atoms with Gasteiger partial charge >= 0.3 is 5.97 Å². The van der Waals surface area contributed by atoms with Crippen LogP contribution < -0.4 is 0 Å². The van der Waals surface area contributed by atoms with Gasteiger partial charge in [0.2, 0.25) is 0 Å². The van der Waals surface area contributed by atoms with E-state index < -0.39 is 0 Å². The van der Waals surface area contributed by atoms with Gasteiger partial charge in [-0.25, -0.2) is 4.79 Å². The van der Waals surface area contributed by atoms with E-state index in [9.17, 15) is 4.79 Å². The summed E-state index contributed by atoms with van der Waals surface area (Å²) in [7, 11) is 0. The van der Waals surface area contributed by atoms with Crippen molar-refractivity contribution in [2.75, 3.05) is 13.2 Å². The minimum Gasteiger partial charge on any atom is -0.461 e. The minimum absolute atomic E-state index is 0. The summed E-state index contributed by atoms with van der Waals surface area (Å²) in [5.74, 6) is -0.254. The summed E-state index contributed by atoms with van der Waals surface area (Å²) in [5, 5.41) is 0. The van der Waals surface area contributed by atoms with Crippen LogP contribution in [0.4, 0.5) is 0 Å². The first-order valence-corrected chi connectivity index (χ1v) is 9.67. The van der Waals surface area contributed by atoms with Gasteiger partial charge in [0.15, 0.2) is 0 Å². The van der Waals surface area contributed by atoms with E-state index in [1.54, 1.807) is 24.5 Å². The molecule has 1 aromatic rings. The fourth-order valence-corrected chi connectivity index (χ4v) is 4.30. The van der Waals surface area contributed by atoms with Crippen molar-refractivity contribution >= 4 is 18.4 Å². The number of pyridine rings is 1. The summed E-state index contributed by atoms with van der Waals surface area (Å²) < 4.78 is 5.52. The van der Waals surface area contributed by atoms with Crippen molar-refractivity contribution in [3.63, 3.8) is 0 Å². The molecule has 2 aliphatic rings. The Morgan fingerprint density at radius 2 is 1.64 bits per heavy atom. The first kappa shape index (κ1) is 20.2. The largest absolute Gasteiger partial charge is 0.461 e. The molecular formula is C20H31ClN2O2. The molecule has 0 atom stereocenters. The van der Waals surface area contributed by atoms with E-state index in [0.29, 0.717) is 24.3 Å². The Bertz CT molecular complexity index is 482. The van der Waals surface area contributed by atoms with Crippen molar-refractivity contribution in [3.8, 4) is 0 Å². The number of aromatic nitrogens is 1. The summed E-state index contributed by atoms with van der Waals surface area (Å²) in [6.07, 6.45) is 16.7. The molecule has 0 saturated heterocycles. The van der Waals surface area contributed by atoms with Gasteiger partial charge in [-0.05, 0) is 37.8 Å². The molecule has 5 heteroatoms. The van der Waals surface area contributed by atoms with Gasteiger partial charge in [0.25, 0.3) is 0 Å². The molecule has 1 heterocycles. The molecule has 0 amide bonds. The zero-order chi connectivity index (χ0) is 16.6. The Labute approximate surface area is 157 Å². The smallest absolute Gasteiger partial charge is 0.339 e. The van der Waals surface area contributed by atoms with Crippen LogP contribution in [0.5, 0.6) is 0 Å². The van der Waals surface area contributed by atoms with E-state index in [1.807, 2.05) is 0 Å². The summed E-state index contributed by atoms with van der Waals surface area (Å²) in [5.41, 5.74) is 0.541. The van der Waals surface area contributed by atoms with Crippen molar-refractivity contribution in [2.24, 2.45) is 0 Å². The van der Waals surface area contributed by atoms with Crippen molar-refractivity contribution in [2.45, 2.75) is 76.3 Å². The van der Waals surface area contributed by atoms with E-state index in [1.165, 1.54) is 64.2 Å². The van der Waals surface area contributed by atoms with Crippen molar-refractivity contribution in [1.82, 2.24) is 9.88 Å². The maximum Gasteiger partial charge on any atom is 0.339 e. The van der Waals surface area contributed by atoms with E-state index in [0.717, 1.165) is 6.54 Å². The highest BCUT2D eigenvalue weighted by atomic mass is 35.5. The molecule has 0 unspecified atom stereocenters. The van der Waals surface area contributed by atoms with Gasteiger partial charge in [-0.2, -0.15) is 0 Å². The number of nitrogens with zero attached hydrogens (tertiary/aromatic N) is 2. The highest BCUT2D eigenvalue weighted by molar-refractivity contribution is 5.88. The predicted octanol–water partition coefficient (Wildman–Crippen LogP) is 4.63. The van der Waals surface area contributed by atoms with Gasteiger partial charge in [-0.3, -0.25) is 9.88 Å². The monoisotopic (exact) mass is 366 g/mol. The van der Waals surface area contributed by atoms with Gasteiger partial charge in [-0.15, -0.1) is 12.4 Å². The van der Waals surface area contributed by atoms with Gasteiger partial charge in [0.05, 0.1) is 5.56 Å². The highest BCUT2D eigenvalue weighted by Gasteiger charge is 2.28. The summed E-state index contributed by atoms with van der Waals surface area (Å²) >= 11 is 0. The lowest BCUT2D eigenvalue weighted by molar-refractivity contribution is 0.0291. The number of ether oxygens (including phenoxy) is 1. The van der Waals surface area contributed by atoms with Gasteiger partial charge < -0.3 is 4.74 Å². The summed E-state index contributed by atoms with van der Waals surface area (Å²) in [6, 6.07) is 4.92. The first-order chi connectivity index (χ1) is 11.8. The van der Waals surface area contributed by atoms with Crippen LogP contribution in [0, 0.1) is 0 Å². The molecule has 3 rings (SSSR count). The third-order valence-electron chi connectivity index (χ3n) is 5.57. The molecule has 0 radical (unpaired) electrons. The number of carbonyl (C=O) groups excluding carboxylic acids is 1. The van der Waals surface area contributed by atoms with Crippen molar-refractivity contribution in [1.29, 1.82) is 0 Å². The number of halogens is 1. The lowest BCUT2D eigenvalue weighted by atomic mass is 9.88. The van der Waals surface area contributed by atoms with E-state index in [-0.39, 0.29) is 18.4 Å². The van der Waals surface area contributed by atoms with Crippen LogP contribution in [0.3, 0.4) is 0 Å². The molecule has 1 aromatic heterocycles. The number of hydrogen-bond donors (Lipinski definition) is 0. The molecule has 2 aliphatic carbocycles. The lowest BCUT2D eigenvalue weighted by Crippen LogP contribution is -2.46. The SMILES string of the molecule is Cl.O=C(OCCN(C1CCCCC1)C1CCCCC1)c1cccnc1. The van der Waals surface area contributed by atoms with Crippen molar-refractivity contribution in [3.05, 3.63) is 30.1 Å². The Kier molecular flexibility index (Phi) is 8.70. The molecule has 25 heavy (non-hydrogen) atoms. The van der Waals surface area contributed by atoms with Crippen LogP contribution in [0.25, 0.3) is 0 Å². The zero-order valence-electron chi connectivity index (χ0n) is 15.1. The Balaban J connectivity index is 0.00000225. The second-order valence-electron chi connectivity index (χ2n) is 7.20. The number of hydrogen-bond acceptors (Lipinski definition) is 4. The fraction of sp³-hybridized carbons (Fsp3) is 0.700. The van der Waals surface area contributed by atoms with E-state index >= 15 is 0 Å². The Morgan fingerprint density at radius 3 is 2.16 bits per heavy atom. The van der Waals surface area contributed by atoms with Gasteiger partial charge in [0, 0.05) is 31.0 Å². The Morgan fingerprint density at radius 1 is 1.04 bits per heavy atom. The molecule has 0 N–H and O–H groups in total. The van der Waals surface area contributed by atoms with Crippen LogP contribution in [0.2, 0.25) is 0 Å². The normalized spacial score (nSPS) is 19.4. The predicted molar refractivity (Wildman–Crippen MR) is 102 cm³/mol. The molecule has 0 aliphatic heterocycles. The summed E-state index contributed by atoms with van der Waals surface area (Å²) in [4.78, 5) is 18.8. The first-order valence-electron chi connectivity index (χ1n) is 9.67. The van der Waals surface area contributed by atoms with Crippen LogP contribution in [-0.4, -0.2) is 41.1 Å². The lowest BCUT2D eigenvalue weighted by Gasteiger charge is -2.41. The molecule has 4 nitrogen and oxygen atoms in total. The molecule has 140 valence electrons. The van der Waals surface area contributed by atoms with Crippen molar-refractivity contribution < 1.29 is 9.53 Å². The number of esters is 1. The van der Waals surface area contributed by atoms with Crippen LogP contribution in [0.1, 0.15) is 74.6 Å². The molecular weight excluding hydrogens is 336 g/mol. The molecule has 2 saturated carbocycles. The fourth-order valence-electron chi connectivity index (χ4n) is 4.30. The standard InChI is InChI=1S/C20H30N2O2.ClH/c23-20(17-8-7-13-21-16-17)24-15-14-22(18-9-3-1-4-10-18)19-11-5-2-6-12-19;/h7-8,13,16,18-19H,1-6,9-12,14-15H2;1H. The minimum atomic E-state index is -0.254. The van der Waals surface area contributed by atoms with Crippen LogP contribution >= 0.6 is 12.4 Å². The molecule has 0 spiro atoms. The number of carbonyl (C=O) groups is 1. The van der Waals surface area contributed by atoms with Crippen LogP contribution in [0.15, 0.2) is 24.5 Å². The van der Waals surface area contributed by atoms with Gasteiger partial charge in [0.1, 0.15) is 6.61 Å². The average Bonchev–Trinajstić information content (AvgIpc) is 2.67. The second-order valence-corrected chi connectivity index (χ2v) is 7.20. The topological polar surface area (TPSA) is 42.4 Å². The maximum atomic E-state index is 12.1. The molecule has 0 aromatic carbocycles. The Hall–Kier alpha value is -1.13. The second kappa shape index (κ2) is 10.8. The number of rotatable bonds is 6. The quantitative estimate of drug-likeness (QED) is 0.688. The summed E-state index contributed by atoms with van der Waals surface area (Å²) in [6.45, 7) is 1.36. The van der Waals surface area contributed by atoms with Crippen LogP contribution in [-0.2, 0) is 4.74 Å².